The maximum atomic E-state index is 12.6. The molecule has 136 valence electrons. The molecular weight excluding hydrogens is 336 g/mol. The normalized spacial score (nSPS) is 19.2. The van der Waals surface area contributed by atoms with Gasteiger partial charge in [0.2, 0.25) is 5.91 Å². The molecule has 6 heteroatoms. The van der Waals surface area contributed by atoms with E-state index in [4.69, 9.17) is 11.6 Å². The van der Waals surface area contributed by atoms with Crippen molar-refractivity contribution in [2.45, 2.75) is 39.3 Å². The van der Waals surface area contributed by atoms with Crippen molar-refractivity contribution in [1.82, 2.24) is 10.2 Å². The van der Waals surface area contributed by atoms with E-state index in [0.29, 0.717) is 0 Å². The van der Waals surface area contributed by atoms with Gasteiger partial charge in [0.1, 0.15) is 5.54 Å². The molecule has 0 saturated carbocycles. The number of nitrogens with one attached hydrogen (secondary N) is 1. The molecule has 0 unspecified atom stereocenters. The van der Waals surface area contributed by atoms with Gasteiger partial charge >= 0.3 is 0 Å². The van der Waals surface area contributed by atoms with E-state index in [0.717, 1.165) is 36.9 Å². The van der Waals surface area contributed by atoms with E-state index in [1.165, 1.54) is 0 Å². The van der Waals surface area contributed by atoms with Gasteiger partial charge in [-0.25, -0.2) is 0 Å². The third kappa shape index (κ3) is 4.65. The number of anilines is 1. The summed E-state index contributed by atoms with van der Waals surface area (Å²) in [5.41, 5.74) is 0.273. The van der Waals surface area contributed by atoms with Crippen molar-refractivity contribution in [2.75, 3.05) is 31.1 Å². The second kappa shape index (κ2) is 8.07. The molecule has 1 aliphatic heterocycles. The van der Waals surface area contributed by atoms with Crippen molar-refractivity contribution in [2.24, 2.45) is 5.92 Å². The summed E-state index contributed by atoms with van der Waals surface area (Å²) < 4.78 is 0. The first-order valence-corrected chi connectivity index (χ1v) is 9.12. The van der Waals surface area contributed by atoms with E-state index >= 15 is 0 Å². The van der Waals surface area contributed by atoms with Crippen LogP contribution in [0, 0.1) is 17.2 Å². The summed E-state index contributed by atoms with van der Waals surface area (Å²) in [7, 11) is 0. The van der Waals surface area contributed by atoms with E-state index < -0.39 is 5.54 Å². The summed E-state index contributed by atoms with van der Waals surface area (Å²) in [6.07, 6.45) is 0. The maximum Gasteiger partial charge on any atom is 0.238 e. The zero-order chi connectivity index (χ0) is 18.6. The second-order valence-electron chi connectivity index (χ2n) is 7.14. The van der Waals surface area contributed by atoms with E-state index in [2.05, 4.69) is 27.3 Å². The molecule has 0 spiro atoms. The topological polar surface area (TPSA) is 59.4 Å². The molecule has 0 aliphatic carbocycles. The Labute approximate surface area is 155 Å². The van der Waals surface area contributed by atoms with Crippen LogP contribution in [0.25, 0.3) is 0 Å². The first-order valence-electron chi connectivity index (χ1n) is 8.74. The highest BCUT2D eigenvalue weighted by atomic mass is 35.5. The van der Waals surface area contributed by atoms with E-state index in [1.54, 1.807) is 6.92 Å². The van der Waals surface area contributed by atoms with Crippen LogP contribution in [0.15, 0.2) is 24.3 Å². The Bertz CT molecular complexity index is 649. The number of hydrogen-bond donors (Lipinski definition) is 1. The molecule has 1 fully saturated rings. The Morgan fingerprint density at radius 1 is 1.28 bits per heavy atom. The number of nitriles is 1. The highest BCUT2D eigenvalue weighted by Gasteiger charge is 2.33. The third-order valence-electron chi connectivity index (χ3n) is 5.18. The molecule has 0 aromatic heterocycles. The first kappa shape index (κ1) is 19.6. The van der Waals surface area contributed by atoms with Gasteiger partial charge in [-0.3, -0.25) is 9.69 Å². The van der Waals surface area contributed by atoms with Gasteiger partial charge in [0.25, 0.3) is 0 Å². The first-order chi connectivity index (χ1) is 11.8. The number of hydrogen-bond acceptors (Lipinski definition) is 4. The summed E-state index contributed by atoms with van der Waals surface area (Å²) in [5, 5.41) is 13.0. The minimum atomic E-state index is -0.839. The maximum absolute atomic E-state index is 12.6. The van der Waals surface area contributed by atoms with Gasteiger partial charge in [-0.05, 0) is 38.0 Å². The number of rotatable bonds is 5. The molecule has 1 N–H and O–H groups in total. The highest BCUT2D eigenvalue weighted by Crippen LogP contribution is 2.22. The van der Waals surface area contributed by atoms with Crippen LogP contribution in [0.4, 0.5) is 5.69 Å². The predicted octanol–water partition coefficient (Wildman–Crippen LogP) is 2.90. The van der Waals surface area contributed by atoms with Crippen molar-refractivity contribution in [1.29, 1.82) is 5.26 Å². The zero-order valence-electron chi connectivity index (χ0n) is 15.4. The molecule has 2 atom stereocenters. The standard InChI is InChI=1S/C19H27ClN4O/c1-14(2)19(4,13-21)22-18(25)15(3)23-8-10-24(11-9-23)17-7-5-6-16(20)12-17/h5-7,12,14-15H,8-11H2,1-4H3,(H,22,25)/t15-,19-/m0/s1. The quantitative estimate of drug-likeness (QED) is 0.874. The monoisotopic (exact) mass is 362 g/mol. The van der Waals surface area contributed by atoms with Crippen LogP contribution in [0.5, 0.6) is 0 Å². The molecule has 5 nitrogen and oxygen atoms in total. The third-order valence-corrected chi connectivity index (χ3v) is 5.42. The van der Waals surface area contributed by atoms with Gasteiger partial charge in [0.15, 0.2) is 0 Å². The van der Waals surface area contributed by atoms with Crippen LogP contribution in [0.1, 0.15) is 27.7 Å². The van der Waals surface area contributed by atoms with Gasteiger partial charge in [-0.15, -0.1) is 0 Å². The smallest absolute Gasteiger partial charge is 0.238 e. The second-order valence-corrected chi connectivity index (χ2v) is 7.57. The zero-order valence-corrected chi connectivity index (χ0v) is 16.2. The van der Waals surface area contributed by atoms with Crippen molar-refractivity contribution >= 4 is 23.2 Å². The van der Waals surface area contributed by atoms with E-state index in [9.17, 15) is 10.1 Å². The Morgan fingerprint density at radius 2 is 1.92 bits per heavy atom. The number of carbonyl (C=O) groups is 1. The van der Waals surface area contributed by atoms with Gasteiger partial charge in [-0.2, -0.15) is 5.26 Å². The fraction of sp³-hybridized carbons (Fsp3) is 0.579. The van der Waals surface area contributed by atoms with Crippen LogP contribution in [0.2, 0.25) is 5.02 Å². The minimum absolute atomic E-state index is 0.0494. The van der Waals surface area contributed by atoms with Gasteiger partial charge in [-0.1, -0.05) is 31.5 Å². The van der Waals surface area contributed by atoms with Gasteiger partial charge in [0.05, 0.1) is 12.1 Å². The lowest BCUT2D eigenvalue weighted by molar-refractivity contribution is -0.127. The van der Waals surface area contributed by atoms with Crippen molar-refractivity contribution in [3.63, 3.8) is 0 Å². The molecule has 0 bridgehead atoms. The lowest BCUT2D eigenvalue weighted by Gasteiger charge is -2.39. The van der Waals surface area contributed by atoms with Crippen molar-refractivity contribution in [3.8, 4) is 6.07 Å². The van der Waals surface area contributed by atoms with Crippen molar-refractivity contribution in [3.05, 3.63) is 29.3 Å². The average molecular weight is 363 g/mol. The Balaban J connectivity index is 1.93. The molecule has 1 aromatic rings. The highest BCUT2D eigenvalue weighted by molar-refractivity contribution is 6.30. The summed E-state index contributed by atoms with van der Waals surface area (Å²) in [6.45, 7) is 10.9. The molecule has 0 radical (unpaired) electrons. The minimum Gasteiger partial charge on any atom is -0.369 e. The summed E-state index contributed by atoms with van der Waals surface area (Å²) >= 11 is 6.07. The molecule has 25 heavy (non-hydrogen) atoms. The molecule has 1 aromatic carbocycles. The Morgan fingerprint density at radius 3 is 2.44 bits per heavy atom. The molecule has 1 heterocycles. The number of nitrogens with zero attached hydrogens (tertiary/aromatic N) is 3. The van der Waals surface area contributed by atoms with E-state index in [1.807, 2.05) is 39.0 Å². The van der Waals surface area contributed by atoms with Crippen LogP contribution in [-0.4, -0.2) is 48.6 Å². The molecular formula is C19H27ClN4O. The Kier molecular flexibility index (Phi) is 6.31. The van der Waals surface area contributed by atoms with E-state index in [-0.39, 0.29) is 17.9 Å². The fourth-order valence-electron chi connectivity index (χ4n) is 2.87. The number of carbonyl (C=O) groups excluding carboxylic acids is 1. The molecule has 1 amide bonds. The molecule has 1 aliphatic rings. The Hall–Kier alpha value is -1.77. The SMILES string of the molecule is CC(C)[C@](C)(C#N)NC(=O)[C@H](C)N1CCN(c2cccc(Cl)c2)CC1. The van der Waals surface area contributed by atoms with Crippen LogP contribution in [-0.2, 0) is 4.79 Å². The lowest BCUT2D eigenvalue weighted by atomic mass is 9.89. The van der Waals surface area contributed by atoms with Crippen LogP contribution < -0.4 is 10.2 Å². The lowest BCUT2D eigenvalue weighted by Crippen LogP contribution is -2.58. The summed E-state index contributed by atoms with van der Waals surface area (Å²) in [5.74, 6) is -0.0396. The largest absolute Gasteiger partial charge is 0.369 e. The molecule has 1 saturated heterocycles. The number of benzene rings is 1. The average Bonchev–Trinajstić information content (AvgIpc) is 2.60. The van der Waals surface area contributed by atoms with Crippen molar-refractivity contribution < 1.29 is 4.79 Å². The predicted molar refractivity (Wildman–Crippen MR) is 102 cm³/mol. The molecule has 2 rings (SSSR count). The van der Waals surface area contributed by atoms with Crippen LogP contribution >= 0.6 is 11.6 Å². The number of piperazine rings is 1. The number of amides is 1. The summed E-state index contributed by atoms with van der Waals surface area (Å²) in [6, 6.07) is 9.82. The fourth-order valence-corrected chi connectivity index (χ4v) is 3.05. The van der Waals surface area contributed by atoms with Crippen LogP contribution in [0.3, 0.4) is 0 Å². The van der Waals surface area contributed by atoms with Gasteiger partial charge in [0, 0.05) is 36.9 Å². The number of halogens is 1. The van der Waals surface area contributed by atoms with Gasteiger partial charge < -0.3 is 10.2 Å². The summed E-state index contributed by atoms with van der Waals surface area (Å²) in [4.78, 5) is 17.0.